The zero-order valence-electron chi connectivity index (χ0n) is 12.2. The molecule has 1 aromatic carbocycles. The quantitative estimate of drug-likeness (QED) is 0.776. The van der Waals surface area contributed by atoms with Crippen molar-refractivity contribution in [3.05, 3.63) is 42.5 Å². The van der Waals surface area contributed by atoms with Gasteiger partial charge >= 0.3 is 6.03 Å². The highest BCUT2D eigenvalue weighted by Crippen LogP contribution is 2.20. The first-order valence-electron chi connectivity index (χ1n) is 6.76. The summed E-state index contributed by atoms with van der Waals surface area (Å²) in [6.07, 6.45) is 3.32. The van der Waals surface area contributed by atoms with E-state index >= 15 is 0 Å². The second kappa shape index (κ2) is 5.49. The fourth-order valence-electron chi connectivity index (χ4n) is 2.00. The van der Waals surface area contributed by atoms with Crippen LogP contribution >= 0.6 is 0 Å². The van der Waals surface area contributed by atoms with Gasteiger partial charge in [-0.3, -0.25) is 14.6 Å². The summed E-state index contributed by atoms with van der Waals surface area (Å²) >= 11 is 0. The van der Waals surface area contributed by atoms with Crippen molar-refractivity contribution in [3.63, 3.8) is 0 Å². The number of rotatable bonds is 2. The third kappa shape index (κ3) is 3.26. The lowest BCUT2D eigenvalue weighted by molar-refractivity contribution is -0.122. The maximum atomic E-state index is 12.3. The summed E-state index contributed by atoms with van der Waals surface area (Å²) in [6.45, 7) is 7.01. The van der Waals surface area contributed by atoms with Crippen molar-refractivity contribution < 1.29 is 9.59 Å². The van der Waals surface area contributed by atoms with Gasteiger partial charge in [0.2, 0.25) is 0 Å². The van der Waals surface area contributed by atoms with Gasteiger partial charge in [0, 0.05) is 24.9 Å². The van der Waals surface area contributed by atoms with Crippen LogP contribution in [0, 0.1) is 5.41 Å². The number of carbonyl (C=O) groups excluding carboxylic acids is 2. The van der Waals surface area contributed by atoms with Gasteiger partial charge < -0.3 is 0 Å². The zero-order chi connectivity index (χ0) is 14.8. The molecule has 4 heteroatoms. The van der Waals surface area contributed by atoms with Crippen LogP contribution < -0.4 is 4.90 Å². The number of carbonyl (C=O) groups is 2. The molecule has 0 spiro atoms. The Kier molecular flexibility index (Phi) is 3.93. The van der Waals surface area contributed by atoms with Crippen LogP contribution in [0.15, 0.2) is 42.5 Å². The van der Waals surface area contributed by atoms with E-state index in [1.807, 2.05) is 57.2 Å². The Morgan fingerprint density at radius 3 is 2.40 bits per heavy atom. The summed E-state index contributed by atoms with van der Waals surface area (Å²) in [7, 11) is 0. The highest BCUT2D eigenvalue weighted by atomic mass is 16.2. The first kappa shape index (κ1) is 14.3. The Morgan fingerprint density at radius 2 is 1.80 bits per heavy atom. The summed E-state index contributed by atoms with van der Waals surface area (Å²) < 4.78 is 0. The lowest BCUT2D eigenvalue weighted by Gasteiger charge is -2.17. The lowest BCUT2D eigenvalue weighted by atomic mass is 9.96. The minimum Gasteiger partial charge on any atom is -0.292 e. The van der Waals surface area contributed by atoms with Crippen LogP contribution in [0.4, 0.5) is 10.5 Å². The monoisotopic (exact) mass is 272 g/mol. The van der Waals surface area contributed by atoms with E-state index in [1.54, 1.807) is 4.90 Å². The van der Waals surface area contributed by atoms with Crippen molar-refractivity contribution in [2.45, 2.75) is 20.8 Å². The summed E-state index contributed by atoms with van der Waals surface area (Å²) in [5, 5.41) is 0. The van der Waals surface area contributed by atoms with Crippen LogP contribution in [0.5, 0.6) is 0 Å². The van der Waals surface area contributed by atoms with Gasteiger partial charge in [-0.25, -0.2) is 4.79 Å². The van der Waals surface area contributed by atoms with E-state index in [1.165, 1.54) is 11.0 Å². The molecule has 0 bridgehead atoms. The molecule has 0 aliphatic carbocycles. The molecule has 2 rings (SSSR count). The number of hydrogen-bond donors (Lipinski definition) is 0. The SMILES string of the molecule is CC(C)(C)/C=C/C(=O)N1CCN(c2ccccc2)C1=O. The van der Waals surface area contributed by atoms with Gasteiger partial charge in [-0.1, -0.05) is 45.0 Å². The van der Waals surface area contributed by atoms with Crippen molar-refractivity contribution in [2.24, 2.45) is 5.41 Å². The van der Waals surface area contributed by atoms with E-state index in [9.17, 15) is 9.59 Å². The Hall–Kier alpha value is -2.10. The number of allylic oxidation sites excluding steroid dienone is 1. The van der Waals surface area contributed by atoms with Crippen molar-refractivity contribution in [3.8, 4) is 0 Å². The molecule has 4 nitrogen and oxygen atoms in total. The highest BCUT2D eigenvalue weighted by molar-refractivity contribution is 6.07. The van der Waals surface area contributed by atoms with Gasteiger partial charge in [-0.2, -0.15) is 0 Å². The Morgan fingerprint density at radius 1 is 1.15 bits per heavy atom. The highest BCUT2D eigenvalue weighted by Gasteiger charge is 2.32. The average Bonchev–Trinajstić information content (AvgIpc) is 2.78. The first-order chi connectivity index (χ1) is 9.38. The van der Waals surface area contributed by atoms with E-state index in [-0.39, 0.29) is 17.4 Å². The minimum absolute atomic E-state index is 0.0719. The molecule has 1 heterocycles. The van der Waals surface area contributed by atoms with Crippen molar-refractivity contribution in [2.75, 3.05) is 18.0 Å². The molecule has 1 aliphatic heterocycles. The number of imide groups is 1. The van der Waals surface area contributed by atoms with Crippen LogP contribution in [-0.4, -0.2) is 29.9 Å². The number of nitrogens with zero attached hydrogens (tertiary/aromatic N) is 2. The fraction of sp³-hybridized carbons (Fsp3) is 0.375. The standard InChI is InChI=1S/C16H20N2O2/c1-16(2,3)10-9-14(19)18-12-11-17(15(18)20)13-7-5-4-6-8-13/h4-10H,11-12H2,1-3H3/b10-9+. The molecule has 3 amide bonds. The van der Waals surface area contributed by atoms with Crippen molar-refractivity contribution >= 4 is 17.6 Å². The van der Waals surface area contributed by atoms with Gasteiger partial charge in [-0.05, 0) is 17.5 Å². The smallest absolute Gasteiger partial charge is 0.292 e. The summed E-state index contributed by atoms with van der Waals surface area (Å²) in [5.41, 5.74) is 0.755. The topological polar surface area (TPSA) is 40.6 Å². The Bertz CT molecular complexity index is 529. The number of urea groups is 1. The minimum atomic E-state index is -0.250. The number of hydrogen-bond acceptors (Lipinski definition) is 2. The molecule has 0 atom stereocenters. The summed E-state index contributed by atoms with van der Waals surface area (Å²) in [4.78, 5) is 27.3. The molecule has 1 aromatic rings. The van der Waals surface area contributed by atoms with E-state index in [2.05, 4.69) is 0 Å². The van der Waals surface area contributed by atoms with Crippen LogP contribution in [0.25, 0.3) is 0 Å². The Balaban J connectivity index is 2.08. The maximum absolute atomic E-state index is 12.3. The van der Waals surface area contributed by atoms with Crippen molar-refractivity contribution in [1.29, 1.82) is 0 Å². The molecule has 1 fully saturated rings. The number of amides is 3. The average molecular weight is 272 g/mol. The van der Waals surface area contributed by atoms with Crippen LogP contribution in [-0.2, 0) is 4.79 Å². The molecule has 0 saturated carbocycles. The van der Waals surface area contributed by atoms with Gasteiger partial charge in [0.15, 0.2) is 0 Å². The van der Waals surface area contributed by atoms with Gasteiger partial charge in [-0.15, -0.1) is 0 Å². The molecule has 1 aliphatic rings. The number of benzene rings is 1. The zero-order valence-corrected chi connectivity index (χ0v) is 12.2. The van der Waals surface area contributed by atoms with E-state index in [4.69, 9.17) is 0 Å². The third-order valence-electron chi connectivity index (χ3n) is 3.07. The molecular formula is C16H20N2O2. The van der Waals surface area contributed by atoms with Gasteiger partial charge in [0.1, 0.15) is 0 Å². The van der Waals surface area contributed by atoms with Gasteiger partial charge in [0.05, 0.1) is 0 Å². The molecule has 1 saturated heterocycles. The van der Waals surface area contributed by atoms with Crippen LogP contribution in [0.2, 0.25) is 0 Å². The number of anilines is 1. The molecule has 0 unspecified atom stereocenters. The normalized spacial score (nSPS) is 16.2. The summed E-state index contributed by atoms with van der Waals surface area (Å²) in [6, 6.07) is 9.16. The Labute approximate surface area is 119 Å². The largest absolute Gasteiger partial charge is 0.331 e. The second-order valence-corrected chi connectivity index (χ2v) is 5.96. The fourth-order valence-corrected chi connectivity index (χ4v) is 2.00. The van der Waals surface area contributed by atoms with Crippen molar-refractivity contribution in [1.82, 2.24) is 4.90 Å². The second-order valence-electron chi connectivity index (χ2n) is 5.96. The predicted molar refractivity (Wildman–Crippen MR) is 79.5 cm³/mol. The number of para-hydroxylation sites is 1. The lowest BCUT2D eigenvalue weighted by Crippen LogP contribution is -2.35. The van der Waals surface area contributed by atoms with E-state index in [0.29, 0.717) is 13.1 Å². The molecule has 0 radical (unpaired) electrons. The van der Waals surface area contributed by atoms with E-state index < -0.39 is 0 Å². The van der Waals surface area contributed by atoms with Crippen LogP contribution in [0.3, 0.4) is 0 Å². The molecule has 106 valence electrons. The maximum Gasteiger partial charge on any atom is 0.331 e. The molecule has 20 heavy (non-hydrogen) atoms. The van der Waals surface area contributed by atoms with Gasteiger partial charge in [0.25, 0.3) is 5.91 Å². The third-order valence-corrected chi connectivity index (χ3v) is 3.07. The van der Waals surface area contributed by atoms with E-state index in [0.717, 1.165) is 5.69 Å². The first-order valence-corrected chi connectivity index (χ1v) is 6.76. The molecular weight excluding hydrogens is 252 g/mol. The summed E-state index contributed by atoms with van der Waals surface area (Å²) in [5.74, 6) is -0.247. The molecule has 0 aromatic heterocycles. The molecule has 0 N–H and O–H groups in total. The van der Waals surface area contributed by atoms with Crippen LogP contribution in [0.1, 0.15) is 20.8 Å². The predicted octanol–water partition coefficient (Wildman–Crippen LogP) is 3.06.